The number of carbonyl (C=O) groups is 2. The third-order valence-electron chi connectivity index (χ3n) is 4.91. The number of hydrogen-bond donors (Lipinski definition) is 1. The van der Waals surface area contributed by atoms with Crippen LogP contribution in [-0.4, -0.2) is 60.8 Å². The van der Waals surface area contributed by atoms with E-state index in [4.69, 9.17) is 4.74 Å². The molecule has 3 rings (SSSR count). The second kappa shape index (κ2) is 8.99. The van der Waals surface area contributed by atoms with Gasteiger partial charge in [0.15, 0.2) is 0 Å². The zero-order valence-corrected chi connectivity index (χ0v) is 16.1. The molecule has 0 spiro atoms. The fourth-order valence-electron chi connectivity index (χ4n) is 3.35. The van der Waals surface area contributed by atoms with Crippen molar-refractivity contribution in [2.45, 2.75) is 45.2 Å². The summed E-state index contributed by atoms with van der Waals surface area (Å²) in [4.78, 5) is 27.3. The average Bonchev–Trinajstić information content (AvgIpc) is 3.42. The number of benzene rings is 1. The monoisotopic (exact) mass is 372 g/mol. The maximum absolute atomic E-state index is 12.8. The van der Waals surface area contributed by atoms with Crippen LogP contribution in [0.5, 0.6) is 0 Å². The Hall–Kier alpha value is -2.41. The molecule has 27 heavy (non-hydrogen) atoms. The largest absolute Gasteiger partial charge is 0.461 e. The van der Waals surface area contributed by atoms with Gasteiger partial charge in [0.05, 0.1) is 12.3 Å². The van der Waals surface area contributed by atoms with Gasteiger partial charge in [0.2, 0.25) is 5.91 Å². The van der Waals surface area contributed by atoms with Crippen molar-refractivity contribution in [3.63, 3.8) is 0 Å². The quantitative estimate of drug-likeness (QED) is 0.669. The topological polar surface area (TPSA) is 74.2 Å². The minimum absolute atomic E-state index is 0.117. The molecule has 1 aliphatic heterocycles. The van der Waals surface area contributed by atoms with E-state index in [1.165, 1.54) is 12.8 Å². The van der Waals surface area contributed by atoms with Gasteiger partial charge in [0.1, 0.15) is 11.8 Å². The van der Waals surface area contributed by atoms with Gasteiger partial charge in [-0.15, -0.1) is 0 Å². The molecule has 0 aromatic heterocycles. The summed E-state index contributed by atoms with van der Waals surface area (Å²) in [5, 5.41) is 9.02. The molecule has 1 aliphatic carbocycles. The second-order valence-corrected chi connectivity index (χ2v) is 6.82. The summed E-state index contributed by atoms with van der Waals surface area (Å²) < 4.78 is 5.06. The van der Waals surface area contributed by atoms with E-state index in [-0.39, 0.29) is 24.6 Å². The van der Waals surface area contributed by atoms with Gasteiger partial charge in [-0.25, -0.2) is 4.79 Å². The van der Waals surface area contributed by atoms with E-state index in [9.17, 15) is 9.59 Å². The molecular formula is C20H28N4O3. The lowest BCUT2D eigenvalue weighted by Crippen LogP contribution is -2.45. The van der Waals surface area contributed by atoms with E-state index in [1.54, 1.807) is 11.9 Å². The summed E-state index contributed by atoms with van der Waals surface area (Å²) in [7, 11) is 0. The molecule has 1 heterocycles. The number of hydrazone groups is 1. The molecule has 7 nitrogen and oxygen atoms in total. The number of ether oxygens (including phenoxy) is 1. The molecular weight excluding hydrogens is 344 g/mol. The predicted octanol–water partition coefficient (Wildman–Crippen LogP) is 1.78. The van der Waals surface area contributed by atoms with Gasteiger partial charge in [0, 0.05) is 25.6 Å². The first-order valence-electron chi connectivity index (χ1n) is 9.74. The summed E-state index contributed by atoms with van der Waals surface area (Å²) in [6.45, 7) is 6.62. The van der Waals surface area contributed by atoms with Crippen molar-refractivity contribution in [2.75, 3.05) is 31.3 Å². The number of carbonyl (C=O) groups excluding carboxylic acids is 2. The molecule has 1 unspecified atom stereocenters. The predicted molar refractivity (Wildman–Crippen MR) is 105 cm³/mol. The summed E-state index contributed by atoms with van der Waals surface area (Å²) in [6, 6.07) is 9.57. The number of nitrogens with zero attached hydrogens (tertiary/aromatic N) is 3. The number of amides is 1. The Labute approximate surface area is 160 Å². The molecule has 146 valence electrons. The third kappa shape index (κ3) is 4.86. The number of esters is 1. The van der Waals surface area contributed by atoms with Crippen LogP contribution in [0.3, 0.4) is 0 Å². The molecule has 1 atom stereocenters. The Morgan fingerprint density at radius 3 is 2.63 bits per heavy atom. The second-order valence-electron chi connectivity index (χ2n) is 6.82. The Kier molecular flexibility index (Phi) is 6.45. The highest BCUT2D eigenvalue weighted by molar-refractivity contribution is 6.38. The molecule has 0 bridgehead atoms. The fourth-order valence-corrected chi connectivity index (χ4v) is 3.35. The van der Waals surface area contributed by atoms with Crippen LogP contribution >= 0.6 is 0 Å². The van der Waals surface area contributed by atoms with Gasteiger partial charge in [0.25, 0.3) is 0 Å². The van der Waals surface area contributed by atoms with Crippen LogP contribution < -0.4 is 10.3 Å². The lowest BCUT2D eigenvalue weighted by molar-refractivity contribution is -0.135. The van der Waals surface area contributed by atoms with Crippen molar-refractivity contribution < 1.29 is 14.3 Å². The van der Waals surface area contributed by atoms with E-state index in [1.807, 2.05) is 30.3 Å². The highest BCUT2D eigenvalue weighted by atomic mass is 16.5. The lowest BCUT2D eigenvalue weighted by atomic mass is 10.1. The van der Waals surface area contributed by atoms with Crippen LogP contribution in [0.25, 0.3) is 0 Å². The molecule has 1 fully saturated rings. The number of hydrogen-bond acceptors (Lipinski definition) is 6. The summed E-state index contributed by atoms with van der Waals surface area (Å²) in [5.74, 6) is -0.576. The first-order chi connectivity index (χ1) is 13.1. The van der Waals surface area contributed by atoms with Crippen molar-refractivity contribution in [3.05, 3.63) is 30.3 Å². The molecule has 7 heteroatoms. The van der Waals surface area contributed by atoms with Crippen molar-refractivity contribution in [3.8, 4) is 0 Å². The Balaban J connectivity index is 1.64. The van der Waals surface area contributed by atoms with Crippen molar-refractivity contribution in [2.24, 2.45) is 5.10 Å². The van der Waals surface area contributed by atoms with Gasteiger partial charge in [-0.1, -0.05) is 25.1 Å². The lowest BCUT2D eigenvalue weighted by Gasteiger charge is -2.24. The van der Waals surface area contributed by atoms with E-state index >= 15 is 0 Å². The minimum Gasteiger partial charge on any atom is -0.461 e. The number of rotatable bonds is 9. The molecule has 1 saturated carbocycles. The first kappa shape index (κ1) is 19.4. The molecule has 2 aliphatic rings. The zero-order valence-electron chi connectivity index (χ0n) is 16.1. The highest BCUT2D eigenvalue weighted by Gasteiger charge is 2.37. The van der Waals surface area contributed by atoms with E-state index in [2.05, 4.69) is 22.2 Å². The highest BCUT2D eigenvalue weighted by Crippen LogP contribution is 2.26. The fraction of sp³-hybridized carbons (Fsp3) is 0.550. The summed E-state index contributed by atoms with van der Waals surface area (Å²) in [5.41, 5.74) is 1.07. The van der Waals surface area contributed by atoms with Crippen molar-refractivity contribution in [1.82, 2.24) is 10.2 Å². The molecule has 1 N–H and O–H groups in total. The van der Waals surface area contributed by atoms with Gasteiger partial charge >= 0.3 is 5.97 Å². The normalized spacial score (nSPS) is 19.1. The van der Waals surface area contributed by atoms with Crippen LogP contribution in [0.2, 0.25) is 0 Å². The Morgan fingerprint density at radius 1 is 1.26 bits per heavy atom. The minimum atomic E-state index is -0.539. The number of anilines is 1. The van der Waals surface area contributed by atoms with Gasteiger partial charge in [-0.3, -0.25) is 14.7 Å². The van der Waals surface area contributed by atoms with Crippen LogP contribution in [0.1, 0.15) is 33.1 Å². The molecule has 1 aromatic rings. The molecule has 1 amide bonds. The van der Waals surface area contributed by atoms with Crippen LogP contribution in [-0.2, 0) is 14.3 Å². The van der Waals surface area contributed by atoms with Gasteiger partial charge in [-0.05, 0) is 38.4 Å². The number of nitrogens with one attached hydrogen (secondary N) is 1. The van der Waals surface area contributed by atoms with Crippen LogP contribution in [0.4, 0.5) is 5.69 Å². The Bertz CT molecular complexity index is 688. The molecule has 0 radical (unpaired) electrons. The first-order valence-corrected chi connectivity index (χ1v) is 9.74. The molecule has 0 saturated heterocycles. The van der Waals surface area contributed by atoms with Gasteiger partial charge < -0.3 is 10.1 Å². The van der Waals surface area contributed by atoms with Crippen molar-refractivity contribution >= 4 is 23.3 Å². The van der Waals surface area contributed by atoms with Gasteiger partial charge in [-0.2, -0.15) is 5.10 Å². The SMILES string of the molecule is CCOC(=O)C1=NN(c2ccccc2)C(C(=O)NCCN(CC)C2CC2)C1. The number of para-hydroxylation sites is 1. The average molecular weight is 372 g/mol. The maximum atomic E-state index is 12.8. The maximum Gasteiger partial charge on any atom is 0.354 e. The van der Waals surface area contributed by atoms with E-state index in [0.717, 1.165) is 18.8 Å². The summed E-state index contributed by atoms with van der Waals surface area (Å²) in [6.07, 6.45) is 2.76. The van der Waals surface area contributed by atoms with Crippen molar-refractivity contribution in [1.29, 1.82) is 0 Å². The Morgan fingerprint density at radius 2 is 2.00 bits per heavy atom. The standard InChI is InChI=1S/C20H28N4O3/c1-3-23(15-10-11-15)13-12-21-19(25)18-14-17(20(26)27-4-2)22-24(18)16-8-6-5-7-9-16/h5-9,15,18H,3-4,10-14H2,1-2H3,(H,21,25). The van der Waals surface area contributed by atoms with E-state index < -0.39 is 12.0 Å². The third-order valence-corrected chi connectivity index (χ3v) is 4.91. The smallest absolute Gasteiger partial charge is 0.354 e. The zero-order chi connectivity index (χ0) is 19.2. The number of likely N-dealkylation sites (N-methyl/N-ethyl adjacent to an activating group) is 1. The summed E-state index contributed by atoms with van der Waals surface area (Å²) >= 11 is 0. The van der Waals surface area contributed by atoms with Crippen LogP contribution in [0.15, 0.2) is 35.4 Å². The molecule has 1 aromatic carbocycles. The van der Waals surface area contributed by atoms with Crippen LogP contribution in [0, 0.1) is 0 Å². The van der Waals surface area contributed by atoms with E-state index in [0.29, 0.717) is 12.6 Å².